The number of nitrogens with zero attached hydrogens (tertiary/aromatic N) is 1. The molecule has 0 fully saturated rings. The summed E-state index contributed by atoms with van der Waals surface area (Å²) in [6, 6.07) is 1.78. The zero-order valence-electron chi connectivity index (χ0n) is 13.6. The van der Waals surface area contributed by atoms with E-state index in [1.807, 2.05) is 0 Å². The molecule has 0 spiro atoms. The molecule has 1 rings (SSSR count). The van der Waals surface area contributed by atoms with Crippen LogP contribution in [0.3, 0.4) is 0 Å². The van der Waals surface area contributed by atoms with Gasteiger partial charge >= 0.3 is 0 Å². The highest BCUT2D eigenvalue weighted by Gasteiger charge is 2.13. The van der Waals surface area contributed by atoms with Crippen molar-refractivity contribution in [2.75, 3.05) is 18.4 Å². The lowest BCUT2D eigenvalue weighted by molar-refractivity contribution is 0.0946. The minimum atomic E-state index is -0.00838. The van der Waals surface area contributed by atoms with E-state index in [2.05, 4.69) is 36.4 Å². The number of rotatable bonds is 10. The number of hydrogen-bond donors (Lipinski definition) is 2. The topological polar surface area (TPSA) is 54.0 Å². The lowest BCUT2D eigenvalue weighted by Gasteiger charge is -2.16. The Morgan fingerprint density at radius 2 is 2.10 bits per heavy atom. The van der Waals surface area contributed by atoms with Crippen molar-refractivity contribution in [3.05, 3.63) is 24.0 Å². The molecule has 118 valence electrons. The first kappa shape index (κ1) is 17.5. The molecule has 1 aromatic heterocycles. The maximum Gasteiger partial charge on any atom is 0.253 e. The van der Waals surface area contributed by atoms with Crippen LogP contribution in [0.5, 0.6) is 0 Å². The molecular weight excluding hydrogens is 262 g/mol. The highest BCUT2D eigenvalue weighted by molar-refractivity contribution is 5.99. The molecule has 1 amide bonds. The molecule has 21 heavy (non-hydrogen) atoms. The number of nitrogens with one attached hydrogen (secondary N) is 2. The van der Waals surface area contributed by atoms with Crippen LogP contribution < -0.4 is 10.6 Å². The van der Waals surface area contributed by atoms with Gasteiger partial charge in [-0.1, -0.05) is 40.0 Å². The van der Waals surface area contributed by atoms with E-state index in [1.54, 1.807) is 18.5 Å². The Labute approximate surface area is 128 Å². The molecule has 0 radical (unpaired) electrons. The van der Waals surface area contributed by atoms with Gasteiger partial charge in [-0.15, -0.1) is 0 Å². The number of unbranched alkanes of at least 4 members (excludes halogenated alkanes) is 1. The number of carbonyl (C=O) groups excluding carboxylic acids is 1. The van der Waals surface area contributed by atoms with E-state index in [-0.39, 0.29) is 5.91 Å². The summed E-state index contributed by atoms with van der Waals surface area (Å²) in [6.45, 7) is 8.09. The van der Waals surface area contributed by atoms with E-state index in [4.69, 9.17) is 0 Å². The van der Waals surface area contributed by atoms with Gasteiger partial charge in [0.05, 0.1) is 17.4 Å². The predicted molar refractivity (Wildman–Crippen MR) is 88.7 cm³/mol. The van der Waals surface area contributed by atoms with Gasteiger partial charge in [0.25, 0.3) is 5.91 Å². The van der Waals surface area contributed by atoms with Crippen LogP contribution in [0.25, 0.3) is 0 Å². The Bertz CT molecular complexity index is 420. The fourth-order valence-corrected chi connectivity index (χ4v) is 2.27. The Kier molecular flexibility index (Phi) is 8.48. The summed E-state index contributed by atoms with van der Waals surface area (Å²) in [5.74, 6) is 0.564. The molecule has 1 unspecified atom stereocenters. The van der Waals surface area contributed by atoms with Crippen molar-refractivity contribution in [3.63, 3.8) is 0 Å². The van der Waals surface area contributed by atoms with Gasteiger partial charge in [-0.25, -0.2) is 0 Å². The number of aromatic nitrogens is 1. The van der Waals surface area contributed by atoms with Crippen molar-refractivity contribution in [1.29, 1.82) is 0 Å². The molecule has 2 N–H and O–H groups in total. The van der Waals surface area contributed by atoms with Crippen LogP contribution in [0.4, 0.5) is 5.69 Å². The molecule has 0 aliphatic heterocycles. The largest absolute Gasteiger partial charge is 0.383 e. The summed E-state index contributed by atoms with van der Waals surface area (Å²) >= 11 is 0. The molecule has 0 aliphatic rings. The highest BCUT2D eigenvalue weighted by Crippen LogP contribution is 2.15. The van der Waals surface area contributed by atoms with Gasteiger partial charge in [-0.05, 0) is 24.8 Å². The van der Waals surface area contributed by atoms with Crippen molar-refractivity contribution in [2.24, 2.45) is 5.92 Å². The number of hydrogen-bond acceptors (Lipinski definition) is 3. The third kappa shape index (κ3) is 6.15. The minimum absolute atomic E-state index is 0.00838. The maximum absolute atomic E-state index is 12.3. The number of amides is 1. The van der Waals surface area contributed by atoms with Gasteiger partial charge in [0.15, 0.2) is 0 Å². The third-order valence-corrected chi connectivity index (χ3v) is 3.73. The van der Waals surface area contributed by atoms with E-state index < -0.39 is 0 Å². The Balaban J connectivity index is 2.58. The summed E-state index contributed by atoms with van der Waals surface area (Å²) in [7, 11) is 0. The molecular formula is C17H29N3O. The molecule has 0 aromatic carbocycles. The SMILES string of the molecule is CCCCC(CC)CNC(=O)c1ccncc1NCCC. The van der Waals surface area contributed by atoms with Crippen LogP contribution in [0.1, 0.15) is 63.2 Å². The summed E-state index contributed by atoms with van der Waals surface area (Å²) in [5.41, 5.74) is 1.50. The second-order valence-electron chi connectivity index (χ2n) is 5.47. The van der Waals surface area contributed by atoms with E-state index >= 15 is 0 Å². The highest BCUT2D eigenvalue weighted by atomic mass is 16.1. The smallest absolute Gasteiger partial charge is 0.253 e. The molecule has 0 bridgehead atoms. The van der Waals surface area contributed by atoms with E-state index in [9.17, 15) is 4.79 Å². The first-order valence-corrected chi connectivity index (χ1v) is 8.18. The Morgan fingerprint density at radius 1 is 1.29 bits per heavy atom. The second kappa shape index (κ2) is 10.2. The lowest BCUT2D eigenvalue weighted by atomic mass is 9.99. The molecule has 0 saturated heterocycles. The van der Waals surface area contributed by atoms with Gasteiger partial charge in [-0.2, -0.15) is 0 Å². The Morgan fingerprint density at radius 3 is 2.76 bits per heavy atom. The van der Waals surface area contributed by atoms with E-state index in [1.165, 1.54) is 19.3 Å². The molecule has 1 atom stereocenters. The third-order valence-electron chi connectivity index (χ3n) is 3.73. The summed E-state index contributed by atoms with van der Waals surface area (Å²) in [6.07, 6.45) is 9.14. The molecule has 1 heterocycles. The van der Waals surface area contributed by atoms with Crippen molar-refractivity contribution < 1.29 is 4.79 Å². The summed E-state index contributed by atoms with van der Waals surface area (Å²) in [5, 5.41) is 6.33. The van der Waals surface area contributed by atoms with Crippen molar-refractivity contribution in [1.82, 2.24) is 10.3 Å². The summed E-state index contributed by atoms with van der Waals surface area (Å²) < 4.78 is 0. The number of pyridine rings is 1. The summed E-state index contributed by atoms with van der Waals surface area (Å²) in [4.78, 5) is 16.4. The van der Waals surface area contributed by atoms with Crippen molar-refractivity contribution >= 4 is 11.6 Å². The van der Waals surface area contributed by atoms with Gasteiger partial charge < -0.3 is 10.6 Å². The average molecular weight is 291 g/mol. The average Bonchev–Trinajstić information content (AvgIpc) is 2.53. The van der Waals surface area contributed by atoms with Crippen LogP contribution in [-0.4, -0.2) is 24.0 Å². The van der Waals surface area contributed by atoms with E-state index in [0.29, 0.717) is 11.5 Å². The van der Waals surface area contributed by atoms with Gasteiger partial charge in [-0.3, -0.25) is 9.78 Å². The fourth-order valence-electron chi connectivity index (χ4n) is 2.27. The zero-order valence-corrected chi connectivity index (χ0v) is 13.6. The first-order valence-electron chi connectivity index (χ1n) is 8.18. The molecule has 0 aliphatic carbocycles. The Hall–Kier alpha value is -1.58. The van der Waals surface area contributed by atoms with E-state index in [0.717, 1.165) is 31.6 Å². The normalized spacial score (nSPS) is 12.0. The fraction of sp³-hybridized carbons (Fsp3) is 0.647. The standard InChI is InChI=1S/C17H29N3O/c1-4-7-8-14(6-3)12-20-17(21)15-9-11-18-13-16(15)19-10-5-2/h9,11,13-14,19H,4-8,10,12H2,1-3H3,(H,20,21). The lowest BCUT2D eigenvalue weighted by Crippen LogP contribution is -2.29. The van der Waals surface area contributed by atoms with Gasteiger partial charge in [0, 0.05) is 19.3 Å². The molecule has 1 aromatic rings. The van der Waals surface area contributed by atoms with Gasteiger partial charge in [0.1, 0.15) is 0 Å². The van der Waals surface area contributed by atoms with Crippen LogP contribution in [-0.2, 0) is 0 Å². The second-order valence-corrected chi connectivity index (χ2v) is 5.47. The van der Waals surface area contributed by atoms with Gasteiger partial charge in [0.2, 0.25) is 0 Å². The van der Waals surface area contributed by atoms with Crippen LogP contribution in [0.2, 0.25) is 0 Å². The van der Waals surface area contributed by atoms with Crippen LogP contribution in [0, 0.1) is 5.92 Å². The zero-order chi connectivity index (χ0) is 15.5. The number of carbonyl (C=O) groups is 1. The van der Waals surface area contributed by atoms with Crippen LogP contribution in [0.15, 0.2) is 18.5 Å². The quantitative estimate of drug-likeness (QED) is 0.688. The van der Waals surface area contributed by atoms with Crippen molar-refractivity contribution in [2.45, 2.75) is 52.9 Å². The maximum atomic E-state index is 12.3. The van der Waals surface area contributed by atoms with Crippen molar-refractivity contribution in [3.8, 4) is 0 Å². The molecule has 0 saturated carbocycles. The number of anilines is 1. The first-order chi connectivity index (χ1) is 10.2. The monoisotopic (exact) mass is 291 g/mol. The predicted octanol–water partition coefficient (Wildman–Crippen LogP) is 3.85. The van der Waals surface area contributed by atoms with Crippen LogP contribution >= 0.6 is 0 Å². The molecule has 4 heteroatoms. The minimum Gasteiger partial charge on any atom is -0.383 e. The molecule has 4 nitrogen and oxygen atoms in total.